The third-order valence-corrected chi connectivity index (χ3v) is 6.08. The molecule has 0 radical (unpaired) electrons. The SMILES string of the molecule is CC(C)CCN[C@@H]1c2ccccc2C(=O)N1[C@@H]1CCC[C@@H](C)[C@@H]1C. The van der Waals surface area contributed by atoms with Crippen molar-refractivity contribution in [3.05, 3.63) is 35.4 Å². The van der Waals surface area contributed by atoms with Gasteiger partial charge in [-0.3, -0.25) is 10.1 Å². The maximum Gasteiger partial charge on any atom is 0.256 e. The number of fused-ring (bicyclic) bond motifs is 1. The maximum atomic E-state index is 13.1. The van der Waals surface area contributed by atoms with Crippen molar-refractivity contribution in [3.63, 3.8) is 0 Å². The molecule has 3 nitrogen and oxygen atoms in total. The lowest BCUT2D eigenvalue weighted by molar-refractivity contribution is 0.0319. The minimum absolute atomic E-state index is 0.0465. The first-order valence-corrected chi connectivity index (χ1v) is 9.65. The molecule has 1 aliphatic carbocycles. The minimum Gasteiger partial charge on any atom is -0.316 e. The molecule has 1 fully saturated rings. The van der Waals surface area contributed by atoms with E-state index in [9.17, 15) is 4.79 Å². The highest BCUT2D eigenvalue weighted by molar-refractivity contribution is 5.99. The van der Waals surface area contributed by atoms with Gasteiger partial charge in [-0.15, -0.1) is 0 Å². The maximum absolute atomic E-state index is 13.1. The average Bonchev–Trinajstić information content (AvgIpc) is 2.83. The largest absolute Gasteiger partial charge is 0.316 e. The molecule has 3 heteroatoms. The zero-order chi connectivity index (χ0) is 17.3. The first kappa shape index (κ1) is 17.5. The average molecular weight is 329 g/mol. The summed E-state index contributed by atoms with van der Waals surface area (Å²) in [6.45, 7) is 10.1. The van der Waals surface area contributed by atoms with Gasteiger partial charge in [0.1, 0.15) is 6.17 Å². The van der Waals surface area contributed by atoms with Crippen molar-refractivity contribution < 1.29 is 4.79 Å². The predicted molar refractivity (Wildman–Crippen MR) is 98.8 cm³/mol. The fourth-order valence-electron chi connectivity index (χ4n) is 4.34. The minimum atomic E-state index is 0.0465. The molecular formula is C21H32N2O. The van der Waals surface area contributed by atoms with E-state index >= 15 is 0 Å². The van der Waals surface area contributed by atoms with Crippen LogP contribution in [0.1, 0.15) is 75.5 Å². The summed E-state index contributed by atoms with van der Waals surface area (Å²) in [5.41, 5.74) is 2.06. The van der Waals surface area contributed by atoms with Crippen molar-refractivity contribution in [1.29, 1.82) is 0 Å². The normalized spacial score (nSPS) is 30.0. The van der Waals surface area contributed by atoms with E-state index in [2.05, 4.69) is 50.0 Å². The molecule has 132 valence electrons. The molecule has 1 aromatic carbocycles. The molecular weight excluding hydrogens is 296 g/mol. The quantitative estimate of drug-likeness (QED) is 0.856. The molecule has 1 aromatic rings. The summed E-state index contributed by atoms with van der Waals surface area (Å²) in [6, 6.07) is 8.51. The summed E-state index contributed by atoms with van der Waals surface area (Å²) in [5, 5.41) is 3.69. The Bertz CT molecular complexity index is 583. The molecule has 1 saturated carbocycles. The van der Waals surface area contributed by atoms with Crippen LogP contribution >= 0.6 is 0 Å². The Morgan fingerprint density at radius 3 is 2.71 bits per heavy atom. The number of carbonyl (C=O) groups is 1. The number of benzene rings is 1. The Hall–Kier alpha value is -1.35. The summed E-state index contributed by atoms with van der Waals surface area (Å²) in [6.07, 6.45) is 4.84. The van der Waals surface area contributed by atoms with Crippen molar-refractivity contribution in [1.82, 2.24) is 10.2 Å². The van der Waals surface area contributed by atoms with Gasteiger partial charge in [0.25, 0.3) is 5.91 Å². The lowest BCUT2D eigenvalue weighted by atomic mass is 9.77. The van der Waals surface area contributed by atoms with Gasteiger partial charge in [0, 0.05) is 17.2 Å². The second kappa shape index (κ2) is 7.26. The van der Waals surface area contributed by atoms with Crippen LogP contribution in [0.5, 0.6) is 0 Å². The van der Waals surface area contributed by atoms with Gasteiger partial charge in [0.2, 0.25) is 0 Å². The molecule has 4 atom stereocenters. The summed E-state index contributed by atoms with van der Waals surface area (Å²) in [4.78, 5) is 15.3. The van der Waals surface area contributed by atoms with Crippen LogP contribution in [0.4, 0.5) is 0 Å². The van der Waals surface area contributed by atoms with Gasteiger partial charge >= 0.3 is 0 Å². The van der Waals surface area contributed by atoms with Crippen molar-refractivity contribution >= 4 is 5.91 Å². The summed E-state index contributed by atoms with van der Waals surface area (Å²) in [7, 11) is 0. The summed E-state index contributed by atoms with van der Waals surface area (Å²) in [5.74, 6) is 2.15. The summed E-state index contributed by atoms with van der Waals surface area (Å²) < 4.78 is 0. The Kier molecular flexibility index (Phi) is 5.29. The van der Waals surface area contributed by atoms with Crippen LogP contribution in [0.3, 0.4) is 0 Å². The monoisotopic (exact) mass is 328 g/mol. The molecule has 1 N–H and O–H groups in total. The molecule has 2 aliphatic rings. The molecule has 0 bridgehead atoms. The third kappa shape index (κ3) is 3.23. The van der Waals surface area contributed by atoms with E-state index in [0.29, 0.717) is 23.8 Å². The van der Waals surface area contributed by atoms with E-state index in [4.69, 9.17) is 0 Å². The highest BCUT2D eigenvalue weighted by Crippen LogP contribution is 2.41. The van der Waals surface area contributed by atoms with E-state index in [0.717, 1.165) is 30.5 Å². The van der Waals surface area contributed by atoms with Gasteiger partial charge in [0.15, 0.2) is 0 Å². The number of amides is 1. The molecule has 0 spiro atoms. The molecule has 0 saturated heterocycles. The van der Waals surface area contributed by atoms with E-state index in [1.807, 2.05) is 12.1 Å². The van der Waals surface area contributed by atoms with E-state index in [-0.39, 0.29) is 12.1 Å². The number of rotatable bonds is 5. The molecule has 3 rings (SSSR count). The summed E-state index contributed by atoms with van der Waals surface area (Å²) >= 11 is 0. The Morgan fingerprint density at radius 2 is 1.96 bits per heavy atom. The van der Waals surface area contributed by atoms with Crippen molar-refractivity contribution in [2.75, 3.05) is 6.54 Å². The first-order chi connectivity index (χ1) is 11.5. The van der Waals surface area contributed by atoms with Crippen LogP contribution in [0.15, 0.2) is 24.3 Å². The molecule has 0 aromatic heterocycles. The fourth-order valence-corrected chi connectivity index (χ4v) is 4.34. The number of nitrogens with one attached hydrogen (secondary N) is 1. The van der Waals surface area contributed by atoms with Gasteiger partial charge in [-0.25, -0.2) is 0 Å². The molecule has 1 aliphatic heterocycles. The standard InChI is InChI=1S/C21H32N2O/c1-14(2)12-13-22-20-17-9-5-6-10-18(17)21(24)23(20)19-11-7-8-15(3)16(19)4/h5-6,9-10,14-16,19-20,22H,7-8,11-13H2,1-4H3/t15-,16+,19-,20+/m1/s1. The molecule has 24 heavy (non-hydrogen) atoms. The molecule has 1 heterocycles. The van der Waals surface area contributed by atoms with Crippen LogP contribution in [0.2, 0.25) is 0 Å². The second-order valence-corrected chi connectivity index (χ2v) is 8.17. The van der Waals surface area contributed by atoms with Crippen LogP contribution < -0.4 is 5.32 Å². The van der Waals surface area contributed by atoms with Crippen LogP contribution in [0.25, 0.3) is 0 Å². The predicted octanol–water partition coefficient (Wildman–Crippen LogP) is 4.60. The number of carbonyl (C=O) groups excluding carboxylic acids is 1. The number of nitrogens with zero attached hydrogens (tertiary/aromatic N) is 1. The Morgan fingerprint density at radius 1 is 1.21 bits per heavy atom. The zero-order valence-electron chi connectivity index (χ0n) is 15.6. The van der Waals surface area contributed by atoms with Crippen molar-refractivity contribution in [2.45, 2.75) is 65.6 Å². The fraction of sp³-hybridized carbons (Fsp3) is 0.667. The second-order valence-electron chi connectivity index (χ2n) is 8.17. The van der Waals surface area contributed by atoms with Crippen LogP contribution in [0, 0.1) is 17.8 Å². The van der Waals surface area contributed by atoms with Crippen LogP contribution in [-0.4, -0.2) is 23.4 Å². The van der Waals surface area contributed by atoms with Crippen molar-refractivity contribution in [2.24, 2.45) is 17.8 Å². The van der Waals surface area contributed by atoms with Crippen molar-refractivity contribution in [3.8, 4) is 0 Å². The molecule has 1 amide bonds. The topological polar surface area (TPSA) is 32.3 Å². The lowest BCUT2D eigenvalue weighted by Gasteiger charge is -2.42. The van der Waals surface area contributed by atoms with Gasteiger partial charge in [0.05, 0.1) is 0 Å². The Labute approximate surface area is 146 Å². The van der Waals surface area contributed by atoms with E-state index < -0.39 is 0 Å². The highest BCUT2D eigenvalue weighted by atomic mass is 16.2. The Balaban J connectivity index is 1.86. The smallest absolute Gasteiger partial charge is 0.256 e. The third-order valence-electron chi connectivity index (χ3n) is 6.08. The highest BCUT2D eigenvalue weighted by Gasteiger charge is 2.43. The zero-order valence-corrected chi connectivity index (χ0v) is 15.6. The van der Waals surface area contributed by atoms with E-state index in [1.165, 1.54) is 12.8 Å². The van der Waals surface area contributed by atoms with Crippen LogP contribution in [-0.2, 0) is 0 Å². The van der Waals surface area contributed by atoms with Gasteiger partial charge in [-0.2, -0.15) is 0 Å². The first-order valence-electron chi connectivity index (χ1n) is 9.65. The van der Waals surface area contributed by atoms with E-state index in [1.54, 1.807) is 0 Å². The molecule has 0 unspecified atom stereocenters. The lowest BCUT2D eigenvalue weighted by Crippen LogP contribution is -2.49. The van der Waals surface area contributed by atoms with Gasteiger partial charge in [-0.05, 0) is 43.2 Å². The number of hydrogen-bond donors (Lipinski definition) is 1. The van der Waals surface area contributed by atoms with Gasteiger partial charge in [-0.1, -0.05) is 58.7 Å². The number of hydrogen-bond acceptors (Lipinski definition) is 2. The van der Waals surface area contributed by atoms with Gasteiger partial charge < -0.3 is 4.90 Å².